The van der Waals surface area contributed by atoms with E-state index in [0.717, 1.165) is 43.4 Å². The lowest BCUT2D eigenvalue weighted by Crippen LogP contribution is -2.30. The average molecular weight is 257 g/mol. The molecular weight excluding hydrogens is 238 g/mol. The van der Waals surface area contributed by atoms with Gasteiger partial charge in [-0.25, -0.2) is 0 Å². The van der Waals surface area contributed by atoms with E-state index in [1.165, 1.54) is 11.3 Å². The highest BCUT2D eigenvalue weighted by molar-refractivity contribution is 5.97. The summed E-state index contributed by atoms with van der Waals surface area (Å²) in [6, 6.07) is 8.52. The number of hydrogen-bond donors (Lipinski definition) is 1. The van der Waals surface area contributed by atoms with Crippen LogP contribution in [0.1, 0.15) is 43.7 Å². The number of ketones is 1. The van der Waals surface area contributed by atoms with Crippen molar-refractivity contribution in [2.75, 3.05) is 7.11 Å². The zero-order valence-corrected chi connectivity index (χ0v) is 11.2. The van der Waals surface area contributed by atoms with Gasteiger partial charge in [0.25, 0.3) is 0 Å². The fourth-order valence-corrected chi connectivity index (χ4v) is 3.00. The van der Waals surface area contributed by atoms with Crippen LogP contribution in [0.3, 0.4) is 0 Å². The molecule has 0 saturated carbocycles. The van der Waals surface area contributed by atoms with Gasteiger partial charge in [-0.05, 0) is 43.4 Å². The molecule has 1 heterocycles. The van der Waals surface area contributed by atoms with Gasteiger partial charge < -0.3 is 10.1 Å². The summed E-state index contributed by atoms with van der Waals surface area (Å²) in [5, 5.41) is 3.56. The van der Waals surface area contributed by atoms with E-state index in [9.17, 15) is 4.79 Å². The highest BCUT2D eigenvalue weighted by Crippen LogP contribution is 2.34. The normalized spacial score (nSPS) is 22.8. The molecule has 0 amide bonds. The summed E-state index contributed by atoms with van der Waals surface area (Å²) in [6.07, 6.45) is 4.65. The third kappa shape index (κ3) is 2.37. The first kappa shape index (κ1) is 12.3. The zero-order chi connectivity index (χ0) is 13.2. The molecule has 19 heavy (non-hydrogen) atoms. The summed E-state index contributed by atoms with van der Waals surface area (Å²) >= 11 is 0. The van der Waals surface area contributed by atoms with Crippen LogP contribution < -0.4 is 10.1 Å². The number of carbonyl (C=O) groups excluding carboxylic acids is 1. The summed E-state index contributed by atoms with van der Waals surface area (Å²) < 4.78 is 5.18. The summed E-state index contributed by atoms with van der Waals surface area (Å²) in [5.74, 6) is 1.23. The predicted octanol–water partition coefficient (Wildman–Crippen LogP) is 3.13. The summed E-state index contributed by atoms with van der Waals surface area (Å²) in [6.45, 7) is 0. The first-order valence-corrected chi connectivity index (χ1v) is 6.93. The van der Waals surface area contributed by atoms with E-state index in [1.807, 2.05) is 12.1 Å². The minimum Gasteiger partial charge on any atom is -0.497 e. The molecule has 1 aliphatic heterocycles. The molecule has 1 aliphatic carbocycles. The van der Waals surface area contributed by atoms with E-state index < -0.39 is 0 Å². The molecule has 1 atom stereocenters. The van der Waals surface area contributed by atoms with E-state index in [4.69, 9.17) is 4.74 Å². The van der Waals surface area contributed by atoms with Crippen LogP contribution in [0, 0.1) is 0 Å². The van der Waals surface area contributed by atoms with Crippen molar-refractivity contribution in [3.63, 3.8) is 0 Å². The van der Waals surface area contributed by atoms with Gasteiger partial charge in [0.05, 0.1) is 13.2 Å². The number of rotatable bonds is 2. The Labute approximate surface area is 113 Å². The molecule has 3 rings (SSSR count). The van der Waals surface area contributed by atoms with E-state index in [2.05, 4.69) is 17.4 Å². The van der Waals surface area contributed by atoms with Gasteiger partial charge in [-0.15, -0.1) is 0 Å². The molecule has 0 saturated heterocycles. The number of hydrogen-bond acceptors (Lipinski definition) is 3. The zero-order valence-electron chi connectivity index (χ0n) is 11.2. The van der Waals surface area contributed by atoms with Crippen LogP contribution in [0.4, 0.5) is 0 Å². The number of allylic oxidation sites excluding steroid dienone is 2. The second-order valence-electron chi connectivity index (χ2n) is 5.24. The van der Waals surface area contributed by atoms with Gasteiger partial charge in [-0.1, -0.05) is 12.1 Å². The SMILES string of the molecule is COc1ccc([C@@H]2CCC3=C(CCCC3=O)N2)cc1. The number of carbonyl (C=O) groups is 1. The van der Waals surface area contributed by atoms with Crippen molar-refractivity contribution in [1.29, 1.82) is 0 Å². The smallest absolute Gasteiger partial charge is 0.160 e. The lowest BCUT2D eigenvalue weighted by molar-refractivity contribution is -0.116. The largest absolute Gasteiger partial charge is 0.497 e. The van der Waals surface area contributed by atoms with Crippen LogP contribution in [0.15, 0.2) is 35.5 Å². The van der Waals surface area contributed by atoms with Crippen LogP contribution in [0.25, 0.3) is 0 Å². The van der Waals surface area contributed by atoms with Crippen molar-refractivity contribution in [2.24, 2.45) is 0 Å². The Morgan fingerprint density at radius 1 is 1.16 bits per heavy atom. The molecular formula is C16H19NO2. The number of ether oxygens (including phenoxy) is 1. The molecule has 0 radical (unpaired) electrons. The van der Waals surface area contributed by atoms with Gasteiger partial charge >= 0.3 is 0 Å². The van der Waals surface area contributed by atoms with E-state index in [0.29, 0.717) is 11.8 Å². The van der Waals surface area contributed by atoms with Gasteiger partial charge in [0, 0.05) is 17.7 Å². The Balaban J connectivity index is 1.79. The maximum Gasteiger partial charge on any atom is 0.160 e. The van der Waals surface area contributed by atoms with Crippen molar-refractivity contribution in [3.8, 4) is 5.75 Å². The van der Waals surface area contributed by atoms with Crippen LogP contribution in [-0.4, -0.2) is 12.9 Å². The van der Waals surface area contributed by atoms with Crippen molar-refractivity contribution in [1.82, 2.24) is 5.32 Å². The Bertz CT molecular complexity index is 516. The number of methoxy groups -OCH3 is 1. The van der Waals surface area contributed by atoms with E-state index in [1.54, 1.807) is 7.11 Å². The quantitative estimate of drug-likeness (QED) is 0.884. The Kier molecular flexibility index (Phi) is 3.28. The topological polar surface area (TPSA) is 38.3 Å². The lowest BCUT2D eigenvalue weighted by Gasteiger charge is -2.31. The van der Waals surface area contributed by atoms with E-state index >= 15 is 0 Å². The highest BCUT2D eigenvalue weighted by Gasteiger charge is 2.27. The maximum atomic E-state index is 11.8. The van der Waals surface area contributed by atoms with Crippen LogP contribution in [0.2, 0.25) is 0 Å². The minimum atomic E-state index is 0.329. The Morgan fingerprint density at radius 3 is 2.68 bits per heavy atom. The number of benzene rings is 1. The highest BCUT2D eigenvalue weighted by atomic mass is 16.5. The standard InChI is InChI=1S/C16H19NO2/c1-19-12-7-5-11(6-8-12)14-10-9-13-15(17-14)3-2-4-16(13)18/h5-8,14,17H,2-4,9-10H2,1H3/t14-/m0/s1. The van der Waals surface area contributed by atoms with Crippen LogP contribution in [0.5, 0.6) is 5.75 Å². The predicted molar refractivity (Wildman–Crippen MR) is 74.0 cm³/mol. The van der Waals surface area contributed by atoms with Gasteiger partial charge in [0.2, 0.25) is 0 Å². The van der Waals surface area contributed by atoms with Gasteiger partial charge in [-0.3, -0.25) is 4.79 Å². The molecule has 3 heteroatoms. The molecule has 100 valence electrons. The number of Topliss-reactive ketones (excluding diaryl/α,β-unsaturated/α-hetero) is 1. The van der Waals surface area contributed by atoms with Crippen LogP contribution in [-0.2, 0) is 4.79 Å². The molecule has 0 spiro atoms. The van der Waals surface area contributed by atoms with Gasteiger partial charge in [-0.2, -0.15) is 0 Å². The molecule has 2 aliphatic rings. The third-order valence-corrected chi connectivity index (χ3v) is 4.08. The van der Waals surface area contributed by atoms with Gasteiger partial charge in [0.1, 0.15) is 5.75 Å². The lowest BCUT2D eigenvalue weighted by atomic mass is 9.85. The molecule has 0 aromatic heterocycles. The second-order valence-corrected chi connectivity index (χ2v) is 5.24. The van der Waals surface area contributed by atoms with Gasteiger partial charge in [0.15, 0.2) is 5.78 Å². The molecule has 3 nitrogen and oxygen atoms in total. The molecule has 1 aromatic rings. The molecule has 1 aromatic carbocycles. The first-order chi connectivity index (χ1) is 9.28. The third-order valence-electron chi connectivity index (χ3n) is 4.08. The van der Waals surface area contributed by atoms with Crippen molar-refractivity contribution >= 4 is 5.78 Å². The Morgan fingerprint density at radius 2 is 1.95 bits per heavy atom. The molecule has 0 fully saturated rings. The average Bonchev–Trinajstić information content (AvgIpc) is 2.47. The second kappa shape index (κ2) is 5.08. The summed E-state index contributed by atoms with van der Waals surface area (Å²) in [5.41, 5.74) is 3.50. The fraction of sp³-hybridized carbons (Fsp3) is 0.438. The Hall–Kier alpha value is -1.77. The van der Waals surface area contributed by atoms with Crippen molar-refractivity contribution < 1.29 is 9.53 Å². The number of nitrogens with one attached hydrogen (secondary N) is 1. The first-order valence-electron chi connectivity index (χ1n) is 6.93. The molecule has 1 N–H and O–H groups in total. The minimum absolute atomic E-state index is 0.329. The monoisotopic (exact) mass is 257 g/mol. The van der Waals surface area contributed by atoms with Crippen LogP contribution >= 0.6 is 0 Å². The summed E-state index contributed by atoms with van der Waals surface area (Å²) in [4.78, 5) is 11.8. The fourth-order valence-electron chi connectivity index (χ4n) is 3.00. The molecule has 0 bridgehead atoms. The molecule has 0 unspecified atom stereocenters. The van der Waals surface area contributed by atoms with Crippen molar-refractivity contribution in [3.05, 3.63) is 41.1 Å². The maximum absolute atomic E-state index is 11.8. The van der Waals surface area contributed by atoms with Crippen molar-refractivity contribution in [2.45, 2.75) is 38.1 Å². The summed E-state index contributed by atoms with van der Waals surface area (Å²) in [7, 11) is 1.68. The van der Waals surface area contributed by atoms with E-state index in [-0.39, 0.29) is 0 Å².